The van der Waals surface area contributed by atoms with E-state index in [1.54, 1.807) is 6.26 Å². The third-order valence-electron chi connectivity index (χ3n) is 4.42. The molecule has 0 aliphatic rings. The van der Waals surface area contributed by atoms with Crippen LogP contribution >= 0.6 is 19.3 Å². The molecule has 0 aliphatic heterocycles. The van der Waals surface area contributed by atoms with Crippen molar-refractivity contribution in [1.82, 2.24) is 9.34 Å². The highest BCUT2D eigenvalue weighted by atomic mass is 35.5. The molecule has 0 spiro atoms. The lowest BCUT2D eigenvalue weighted by Gasteiger charge is -2.35. The second-order valence-corrected chi connectivity index (χ2v) is 8.56. The molecule has 2 aromatic rings. The molecule has 0 unspecified atom stereocenters. The fraction of sp³-hybridized carbons (Fsp3) is 0.474. The van der Waals surface area contributed by atoms with Crippen molar-refractivity contribution in [1.29, 1.82) is 0 Å². The Morgan fingerprint density at radius 2 is 1.54 bits per heavy atom. The molecule has 2 rings (SSSR count). The van der Waals surface area contributed by atoms with Gasteiger partial charge in [-0.1, -0.05) is 57.5 Å². The van der Waals surface area contributed by atoms with Crippen LogP contribution in [0.5, 0.6) is 5.95 Å². The van der Waals surface area contributed by atoms with E-state index in [9.17, 15) is 4.57 Å². The largest absolute Gasteiger partial charge is 0.434 e. The molecule has 0 saturated carbocycles. The summed E-state index contributed by atoms with van der Waals surface area (Å²) in [5.41, 5.74) is 1.80. The van der Waals surface area contributed by atoms with E-state index in [0.29, 0.717) is 43.6 Å². The summed E-state index contributed by atoms with van der Waals surface area (Å²) in [6.07, 6.45) is 2.12. The maximum atomic E-state index is 13.8. The van der Waals surface area contributed by atoms with E-state index in [1.807, 2.05) is 67.4 Å². The number of rotatable bonds is 10. The lowest BCUT2D eigenvalue weighted by Crippen LogP contribution is -2.34. The highest BCUT2D eigenvalue weighted by molar-refractivity contribution is 7.54. The minimum Gasteiger partial charge on any atom is -0.434 e. The van der Waals surface area contributed by atoms with Crippen LogP contribution in [0.4, 0.5) is 0 Å². The van der Waals surface area contributed by atoms with Crippen molar-refractivity contribution in [2.45, 2.75) is 34.1 Å². The van der Waals surface area contributed by atoms with Crippen molar-refractivity contribution >= 4 is 19.3 Å². The fourth-order valence-corrected chi connectivity index (χ4v) is 5.54. The zero-order chi connectivity index (χ0) is 19.2. The van der Waals surface area contributed by atoms with Gasteiger partial charge >= 0.3 is 7.67 Å². The van der Waals surface area contributed by atoms with E-state index in [-0.39, 0.29) is 0 Å². The molecular formula is C19H28ClN2O3P. The molecule has 0 radical (unpaired) electrons. The van der Waals surface area contributed by atoms with Crippen molar-refractivity contribution < 1.29 is 13.5 Å². The van der Waals surface area contributed by atoms with Gasteiger partial charge in [-0.3, -0.25) is 0 Å². The molecule has 7 heteroatoms. The van der Waals surface area contributed by atoms with Crippen molar-refractivity contribution in [3.8, 4) is 5.95 Å². The molecule has 0 N–H and O–H groups in total. The highest BCUT2D eigenvalue weighted by Gasteiger charge is 2.38. The summed E-state index contributed by atoms with van der Waals surface area (Å²) in [4.78, 5) is 0. The molecule has 0 bridgehead atoms. The molecule has 0 fully saturated rings. The number of hydrogen-bond donors (Lipinski definition) is 0. The average Bonchev–Trinajstić information content (AvgIpc) is 3.05. The lowest BCUT2D eigenvalue weighted by molar-refractivity contribution is 0.265. The van der Waals surface area contributed by atoms with Crippen LogP contribution in [0.1, 0.15) is 38.8 Å². The number of nitrogens with zero attached hydrogens (tertiary/aromatic N) is 2. The van der Waals surface area contributed by atoms with E-state index in [1.165, 1.54) is 0 Å². The van der Waals surface area contributed by atoms with Gasteiger partial charge in [-0.2, -0.15) is 0 Å². The molecule has 0 aliphatic carbocycles. The van der Waals surface area contributed by atoms with Gasteiger partial charge in [-0.05, 0) is 17.7 Å². The van der Waals surface area contributed by atoms with Crippen molar-refractivity contribution in [2.75, 3.05) is 26.2 Å². The zero-order valence-corrected chi connectivity index (χ0v) is 17.6. The molecule has 1 aromatic heterocycles. The quantitative estimate of drug-likeness (QED) is 0.481. The lowest BCUT2D eigenvalue weighted by atomic mass is 10.1. The smallest absolute Gasteiger partial charge is 0.397 e. The Hall–Kier alpha value is -1.26. The Kier molecular flexibility index (Phi) is 7.78. The molecule has 0 amide bonds. The van der Waals surface area contributed by atoms with E-state index < -0.39 is 7.67 Å². The minimum atomic E-state index is -3.23. The summed E-state index contributed by atoms with van der Waals surface area (Å²) >= 11 is 6.27. The van der Waals surface area contributed by atoms with Gasteiger partial charge < -0.3 is 8.94 Å². The van der Waals surface area contributed by atoms with E-state index in [0.717, 1.165) is 11.1 Å². The van der Waals surface area contributed by atoms with Gasteiger partial charge in [0, 0.05) is 43.2 Å². The van der Waals surface area contributed by atoms with Gasteiger partial charge in [0.1, 0.15) is 0 Å². The van der Waals surface area contributed by atoms with Gasteiger partial charge in [-0.25, -0.2) is 13.9 Å². The first-order chi connectivity index (χ1) is 12.5. The van der Waals surface area contributed by atoms with Crippen molar-refractivity contribution in [3.63, 3.8) is 0 Å². The normalized spacial score (nSPS) is 12.1. The highest BCUT2D eigenvalue weighted by Crippen LogP contribution is 2.54. The molecule has 5 nitrogen and oxygen atoms in total. The Labute approximate surface area is 161 Å². The Bertz CT molecular complexity index is 726. The number of hydrogen-bond acceptors (Lipinski definition) is 3. The van der Waals surface area contributed by atoms with Crippen LogP contribution in [0.3, 0.4) is 0 Å². The second-order valence-electron chi connectivity index (χ2n) is 5.86. The van der Waals surface area contributed by atoms with Crippen LogP contribution < -0.4 is 4.52 Å². The predicted octanol–water partition coefficient (Wildman–Crippen LogP) is 5.69. The third-order valence-corrected chi connectivity index (χ3v) is 7.76. The number of halogens is 1. The van der Waals surface area contributed by atoms with Crippen LogP contribution in [0.15, 0.2) is 41.0 Å². The van der Waals surface area contributed by atoms with Gasteiger partial charge in [0.05, 0.1) is 6.26 Å². The Morgan fingerprint density at radius 3 is 2.08 bits per heavy atom. The summed E-state index contributed by atoms with van der Waals surface area (Å²) < 4.78 is 29.2. The topological polar surface area (TPSA) is 45.9 Å². The van der Waals surface area contributed by atoms with Crippen LogP contribution in [0, 0.1) is 0 Å². The fourth-order valence-electron chi connectivity index (χ4n) is 2.94. The van der Waals surface area contributed by atoms with Crippen LogP contribution in [-0.4, -0.2) is 35.5 Å². The number of benzene rings is 1. The zero-order valence-electron chi connectivity index (χ0n) is 15.9. The SMILES string of the molecule is CCN(CC)P(=O)(Oc1occc1Cc1ccccc1Cl)N(CC)CC. The van der Waals surface area contributed by atoms with Crippen LogP contribution in [0.25, 0.3) is 0 Å². The molecule has 1 heterocycles. The average molecular weight is 399 g/mol. The standard InChI is InChI=1S/C19H28ClN2O3P/c1-5-21(6-2)26(23,22(7-3)8-4)25-19-17(13-14-24-19)15-16-11-9-10-12-18(16)20/h9-14H,5-8,15H2,1-4H3. The molecule has 26 heavy (non-hydrogen) atoms. The van der Waals surface area contributed by atoms with Gasteiger partial charge in [0.25, 0.3) is 5.95 Å². The summed E-state index contributed by atoms with van der Waals surface area (Å²) in [5, 5.41) is 0.690. The van der Waals surface area contributed by atoms with Crippen LogP contribution in [-0.2, 0) is 11.0 Å². The van der Waals surface area contributed by atoms with Crippen molar-refractivity contribution in [3.05, 3.63) is 52.7 Å². The molecular weight excluding hydrogens is 371 g/mol. The van der Waals surface area contributed by atoms with Gasteiger partial charge in [0.15, 0.2) is 0 Å². The minimum absolute atomic E-state index is 0.298. The first kappa shape index (κ1) is 21.0. The Balaban J connectivity index is 2.34. The molecule has 144 valence electrons. The maximum Gasteiger partial charge on any atom is 0.397 e. The van der Waals surface area contributed by atoms with Gasteiger partial charge in [-0.15, -0.1) is 0 Å². The number of furan rings is 1. The molecule has 0 saturated heterocycles. The monoisotopic (exact) mass is 398 g/mol. The van der Waals surface area contributed by atoms with Crippen LogP contribution in [0.2, 0.25) is 5.02 Å². The summed E-state index contributed by atoms with van der Waals surface area (Å²) in [7, 11) is -3.23. The maximum absolute atomic E-state index is 13.8. The van der Waals surface area contributed by atoms with Crippen molar-refractivity contribution in [2.24, 2.45) is 0 Å². The third kappa shape index (κ3) is 4.52. The van der Waals surface area contributed by atoms with E-state index in [4.69, 9.17) is 20.5 Å². The van der Waals surface area contributed by atoms with E-state index >= 15 is 0 Å². The summed E-state index contributed by atoms with van der Waals surface area (Å²) in [5.74, 6) is 0.298. The second kappa shape index (κ2) is 9.61. The first-order valence-electron chi connectivity index (χ1n) is 9.10. The van der Waals surface area contributed by atoms with Gasteiger partial charge in [0.2, 0.25) is 0 Å². The molecule has 0 atom stereocenters. The predicted molar refractivity (Wildman–Crippen MR) is 107 cm³/mol. The first-order valence-corrected chi connectivity index (χ1v) is 11.0. The summed E-state index contributed by atoms with van der Waals surface area (Å²) in [6.45, 7) is 10.4. The Morgan fingerprint density at radius 1 is 0.962 bits per heavy atom. The molecule has 1 aromatic carbocycles. The summed E-state index contributed by atoms with van der Waals surface area (Å²) in [6, 6.07) is 9.50. The van der Waals surface area contributed by atoms with E-state index in [2.05, 4.69) is 0 Å².